The highest BCUT2D eigenvalue weighted by atomic mass is 19.4. The van der Waals surface area contributed by atoms with Crippen molar-refractivity contribution in [3.63, 3.8) is 0 Å². The SMILES string of the molecule is CCNC(=O)C(CCCOC(=O)Cc1cccc(NC(=O)c2ccccc2-c2ccc(C(F)(F)F)cc2)c1C)(C(=O)NCC)c1ccccc1. The summed E-state index contributed by atoms with van der Waals surface area (Å²) in [5.41, 5.74) is 1.15. The Bertz CT molecular complexity index is 1790. The molecule has 0 fully saturated rings. The van der Waals surface area contributed by atoms with Gasteiger partial charge in [0, 0.05) is 24.3 Å². The molecule has 0 aliphatic carbocycles. The molecule has 0 atom stereocenters. The fraction of sp³-hybridized carbons (Fsp3) is 0.282. The first kappa shape index (κ1) is 37.4. The number of carbonyl (C=O) groups excluding carboxylic acids is 4. The van der Waals surface area contributed by atoms with Gasteiger partial charge in [0.05, 0.1) is 18.6 Å². The van der Waals surface area contributed by atoms with Crippen LogP contribution in [0.3, 0.4) is 0 Å². The molecule has 0 radical (unpaired) electrons. The summed E-state index contributed by atoms with van der Waals surface area (Å²) in [5, 5.41) is 8.44. The van der Waals surface area contributed by atoms with Crippen LogP contribution in [0.5, 0.6) is 0 Å². The van der Waals surface area contributed by atoms with Crippen LogP contribution in [0, 0.1) is 6.92 Å². The topological polar surface area (TPSA) is 114 Å². The predicted octanol–water partition coefficient (Wildman–Crippen LogP) is 7.01. The Morgan fingerprint density at radius 1 is 0.720 bits per heavy atom. The minimum atomic E-state index is -4.47. The maximum absolute atomic E-state index is 13.4. The van der Waals surface area contributed by atoms with Crippen molar-refractivity contribution >= 4 is 29.4 Å². The van der Waals surface area contributed by atoms with Gasteiger partial charge in [0.1, 0.15) is 0 Å². The molecular formula is C39H40F3N3O5. The summed E-state index contributed by atoms with van der Waals surface area (Å²) in [6.45, 7) is 5.96. The second-order valence-electron chi connectivity index (χ2n) is 11.7. The monoisotopic (exact) mass is 687 g/mol. The quantitative estimate of drug-likeness (QED) is 0.0750. The van der Waals surface area contributed by atoms with E-state index in [4.69, 9.17) is 4.74 Å². The van der Waals surface area contributed by atoms with E-state index in [2.05, 4.69) is 16.0 Å². The van der Waals surface area contributed by atoms with Gasteiger partial charge in [-0.05, 0) is 85.7 Å². The van der Waals surface area contributed by atoms with Crippen molar-refractivity contribution in [3.05, 3.63) is 125 Å². The molecule has 262 valence electrons. The van der Waals surface area contributed by atoms with Crippen LogP contribution < -0.4 is 16.0 Å². The Kier molecular flexibility index (Phi) is 12.5. The predicted molar refractivity (Wildman–Crippen MR) is 185 cm³/mol. The van der Waals surface area contributed by atoms with Crippen molar-refractivity contribution in [2.45, 2.75) is 51.6 Å². The number of benzene rings is 4. The third kappa shape index (κ3) is 8.76. The number of alkyl halides is 3. The molecule has 8 nitrogen and oxygen atoms in total. The summed E-state index contributed by atoms with van der Waals surface area (Å²) in [6, 6.07) is 25.1. The number of rotatable bonds is 14. The maximum atomic E-state index is 13.4. The van der Waals surface area contributed by atoms with Crippen LogP contribution in [-0.4, -0.2) is 43.4 Å². The maximum Gasteiger partial charge on any atom is 0.416 e. The van der Waals surface area contributed by atoms with E-state index in [0.29, 0.717) is 46.6 Å². The molecule has 0 bridgehead atoms. The molecule has 4 aromatic carbocycles. The number of hydrogen-bond donors (Lipinski definition) is 3. The number of carbonyl (C=O) groups is 4. The van der Waals surface area contributed by atoms with E-state index in [1.54, 1.807) is 93.6 Å². The Balaban J connectivity index is 1.43. The summed E-state index contributed by atoms with van der Waals surface area (Å²) < 4.78 is 44.8. The zero-order chi connectivity index (χ0) is 36.3. The minimum absolute atomic E-state index is 0.0254. The summed E-state index contributed by atoms with van der Waals surface area (Å²) in [6.07, 6.45) is -4.22. The van der Waals surface area contributed by atoms with Gasteiger partial charge in [0.25, 0.3) is 5.91 Å². The molecule has 11 heteroatoms. The summed E-state index contributed by atoms with van der Waals surface area (Å²) in [4.78, 5) is 53.1. The standard InChI is InChI=1S/C39H40F3N3O5/c1-4-43-36(48)38(37(49)44-5-2,29-14-7-6-8-15-29)23-12-24-50-34(46)25-28-13-11-18-33(26(28)3)45-35(47)32-17-10-9-16-31(32)27-19-21-30(22-20-27)39(40,41)42/h6-11,13-22H,4-5,12,23-25H2,1-3H3,(H,43,48)(H,44,49)(H,45,47). The molecule has 0 unspecified atom stereocenters. The highest BCUT2D eigenvalue weighted by Gasteiger charge is 2.46. The zero-order valence-corrected chi connectivity index (χ0v) is 28.2. The van der Waals surface area contributed by atoms with Gasteiger partial charge in [-0.3, -0.25) is 19.2 Å². The molecule has 4 rings (SSSR count). The number of hydrogen-bond acceptors (Lipinski definition) is 5. The number of ether oxygens (including phenoxy) is 1. The third-order valence-corrected chi connectivity index (χ3v) is 8.40. The number of nitrogens with one attached hydrogen (secondary N) is 3. The van der Waals surface area contributed by atoms with E-state index < -0.39 is 40.8 Å². The van der Waals surface area contributed by atoms with Crippen molar-refractivity contribution in [3.8, 4) is 11.1 Å². The van der Waals surface area contributed by atoms with Crippen LogP contribution in [0.1, 0.15) is 59.3 Å². The molecule has 3 N–H and O–H groups in total. The fourth-order valence-corrected chi connectivity index (χ4v) is 5.78. The van der Waals surface area contributed by atoms with Gasteiger partial charge in [0.2, 0.25) is 11.8 Å². The Labute approximate surface area is 289 Å². The first-order valence-electron chi connectivity index (χ1n) is 16.4. The lowest BCUT2D eigenvalue weighted by Crippen LogP contribution is -2.55. The van der Waals surface area contributed by atoms with Crippen molar-refractivity contribution in [1.82, 2.24) is 10.6 Å². The first-order chi connectivity index (χ1) is 23.9. The number of amides is 3. The second kappa shape index (κ2) is 16.8. The minimum Gasteiger partial charge on any atom is -0.465 e. The van der Waals surface area contributed by atoms with Gasteiger partial charge in [-0.2, -0.15) is 13.2 Å². The van der Waals surface area contributed by atoms with Crippen LogP contribution in [0.25, 0.3) is 11.1 Å². The molecular weight excluding hydrogens is 647 g/mol. The second-order valence-corrected chi connectivity index (χ2v) is 11.7. The number of likely N-dealkylation sites (N-methyl/N-ethyl adjacent to an activating group) is 2. The number of halogens is 3. The smallest absolute Gasteiger partial charge is 0.416 e. The van der Waals surface area contributed by atoms with Crippen molar-refractivity contribution < 1.29 is 37.1 Å². The normalized spacial score (nSPS) is 11.4. The largest absolute Gasteiger partial charge is 0.465 e. The summed E-state index contributed by atoms with van der Waals surface area (Å²) >= 11 is 0. The molecule has 0 aromatic heterocycles. The first-order valence-corrected chi connectivity index (χ1v) is 16.4. The molecule has 0 aliphatic rings. The van der Waals surface area contributed by atoms with Crippen LogP contribution in [-0.2, 0) is 37.1 Å². The molecule has 0 saturated heterocycles. The van der Waals surface area contributed by atoms with Gasteiger partial charge in [0.15, 0.2) is 5.41 Å². The molecule has 0 saturated carbocycles. The van der Waals surface area contributed by atoms with Crippen molar-refractivity contribution in [2.75, 3.05) is 25.0 Å². The fourth-order valence-electron chi connectivity index (χ4n) is 5.78. The van der Waals surface area contributed by atoms with E-state index in [1.807, 2.05) is 0 Å². The summed E-state index contributed by atoms with van der Waals surface area (Å²) in [7, 11) is 0. The molecule has 3 amide bonds. The highest BCUT2D eigenvalue weighted by Crippen LogP contribution is 2.33. The average Bonchev–Trinajstić information content (AvgIpc) is 3.10. The van der Waals surface area contributed by atoms with Gasteiger partial charge in [-0.1, -0.05) is 72.8 Å². The summed E-state index contributed by atoms with van der Waals surface area (Å²) in [5.74, 6) is -1.85. The van der Waals surface area contributed by atoms with Crippen LogP contribution in [0.15, 0.2) is 97.1 Å². The molecule has 0 heterocycles. The van der Waals surface area contributed by atoms with E-state index in [0.717, 1.165) is 12.1 Å². The van der Waals surface area contributed by atoms with Gasteiger partial charge in [-0.25, -0.2) is 0 Å². The van der Waals surface area contributed by atoms with Crippen LogP contribution in [0.4, 0.5) is 18.9 Å². The molecule has 0 spiro atoms. The molecule has 50 heavy (non-hydrogen) atoms. The van der Waals surface area contributed by atoms with Gasteiger partial charge >= 0.3 is 12.1 Å². The third-order valence-electron chi connectivity index (χ3n) is 8.40. The lowest BCUT2D eigenvalue weighted by molar-refractivity contribution is -0.143. The van der Waals surface area contributed by atoms with Crippen LogP contribution in [0.2, 0.25) is 0 Å². The zero-order valence-electron chi connectivity index (χ0n) is 28.2. The van der Waals surface area contributed by atoms with Crippen molar-refractivity contribution in [1.29, 1.82) is 0 Å². The Morgan fingerprint density at radius 3 is 1.96 bits per heavy atom. The number of esters is 1. The van der Waals surface area contributed by atoms with E-state index >= 15 is 0 Å². The van der Waals surface area contributed by atoms with E-state index in [9.17, 15) is 32.3 Å². The molecule has 4 aromatic rings. The Morgan fingerprint density at radius 2 is 1.34 bits per heavy atom. The van der Waals surface area contributed by atoms with Crippen molar-refractivity contribution in [2.24, 2.45) is 0 Å². The van der Waals surface area contributed by atoms with Gasteiger partial charge < -0.3 is 20.7 Å². The van der Waals surface area contributed by atoms with Crippen LogP contribution >= 0.6 is 0 Å². The average molecular weight is 688 g/mol. The lowest BCUT2D eigenvalue weighted by atomic mass is 9.74. The van der Waals surface area contributed by atoms with E-state index in [-0.39, 0.29) is 31.4 Å². The number of anilines is 1. The highest BCUT2D eigenvalue weighted by molar-refractivity contribution is 6.11. The lowest BCUT2D eigenvalue weighted by Gasteiger charge is -2.31. The molecule has 0 aliphatic heterocycles. The Hall–Kier alpha value is -5.45. The van der Waals surface area contributed by atoms with E-state index in [1.165, 1.54) is 12.1 Å². The van der Waals surface area contributed by atoms with Gasteiger partial charge in [-0.15, -0.1) is 0 Å².